The van der Waals surface area contributed by atoms with Gasteiger partial charge in [0.2, 0.25) is 0 Å². The van der Waals surface area contributed by atoms with E-state index in [-0.39, 0.29) is 4.48 Å². The fourth-order valence-corrected chi connectivity index (χ4v) is 2.63. The third kappa shape index (κ3) is 4.59. The number of carboxylic acids is 1. The van der Waals surface area contributed by atoms with E-state index >= 15 is 0 Å². The average Bonchev–Trinajstić information content (AvgIpc) is 2.47. The van der Waals surface area contributed by atoms with E-state index in [1.54, 1.807) is 25.1 Å². The molecular weight excluding hydrogens is 315 g/mol. The molecule has 1 atom stereocenters. The number of hydrogen-bond donors (Lipinski definition) is 2. The number of carbonyl (C=O) groups excluding carboxylic acids is 1. The Morgan fingerprint density at radius 2 is 2.00 bits per heavy atom. The van der Waals surface area contributed by atoms with Crippen LogP contribution >= 0.6 is 23.2 Å². The number of nitrogens with one attached hydrogen (secondary N) is 1. The Kier molecular flexibility index (Phi) is 6.95. The van der Waals surface area contributed by atoms with Gasteiger partial charge in [-0.3, -0.25) is 4.79 Å². The zero-order valence-corrected chi connectivity index (χ0v) is 13.3. The molecular formula is C14H19Cl2N2O3+. The second-order valence-electron chi connectivity index (χ2n) is 4.72. The number of benzene rings is 1. The van der Waals surface area contributed by atoms with E-state index in [0.717, 1.165) is 12.1 Å². The average molecular weight is 334 g/mol. The molecule has 1 rings (SSSR count). The molecule has 0 bridgehead atoms. The molecule has 0 spiro atoms. The fourth-order valence-electron chi connectivity index (χ4n) is 2.02. The van der Waals surface area contributed by atoms with Crippen molar-refractivity contribution in [2.45, 2.75) is 13.0 Å². The topological polar surface area (TPSA) is 66.4 Å². The molecule has 0 fully saturated rings. The summed E-state index contributed by atoms with van der Waals surface area (Å²) in [5, 5.41) is 11.8. The zero-order valence-electron chi connectivity index (χ0n) is 11.8. The Bertz CT molecular complexity index is 491. The van der Waals surface area contributed by atoms with Crippen molar-refractivity contribution < 1.29 is 14.7 Å². The van der Waals surface area contributed by atoms with Gasteiger partial charge in [0.15, 0.2) is 0 Å². The minimum atomic E-state index is -0.946. The van der Waals surface area contributed by atoms with Crippen molar-refractivity contribution in [3.05, 3.63) is 24.3 Å². The standard InChI is InChI=1S/C14H18Cl2N2O3/c1-11(14(20)21)17-12-3-2-4-13(9-12)18(10-19,7-5-15)8-6-16/h2-4,9-11,17H,5-8H2,1H3/p+1/t11-/m0/s1. The predicted molar refractivity (Wildman–Crippen MR) is 86.2 cm³/mol. The summed E-state index contributed by atoms with van der Waals surface area (Å²) in [4.78, 5) is 22.5. The summed E-state index contributed by atoms with van der Waals surface area (Å²) in [6, 6.07) is 6.37. The molecule has 0 unspecified atom stereocenters. The van der Waals surface area contributed by atoms with Crippen LogP contribution in [0.5, 0.6) is 0 Å². The summed E-state index contributed by atoms with van der Waals surface area (Å²) in [7, 11) is 0. The number of amides is 1. The van der Waals surface area contributed by atoms with E-state index in [1.165, 1.54) is 0 Å². The zero-order chi connectivity index (χ0) is 15.9. The van der Waals surface area contributed by atoms with E-state index in [4.69, 9.17) is 28.3 Å². The first kappa shape index (κ1) is 17.8. The van der Waals surface area contributed by atoms with Crippen LogP contribution < -0.4 is 9.80 Å². The van der Waals surface area contributed by atoms with Crippen molar-refractivity contribution >= 4 is 47.0 Å². The minimum absolute atomic E-state index is 0.0178. The van der Waals surface area contributed by atoms with Crippen molar-refractivity contribution in [1.82, 2.24) is 4.48 Å². The third-order valence-electron chi connectivity index (χ3n) is 3.28. The van der Waals surface area contributed by atoms with Gasteiger partial charge in [0, 0.05) is 11.8 Å². The number of carbonyl (C=O) groups is 2. The molecule has 21 heavy (non-hydrogen) atoms. The lowest BCUT2D eigenvalue weighted by molar-refractivity contribution is -0.137. The molecule has 5 nitrogen and oxygen atoms in total. The van der Waals surface area contributed by atoms with Crippen LogP contribution in [0.2, 0.25) is 0 Å². The molecule has 0 radical (unpaired) electrons. The van der Waals surface area contributed by atoms with Gasteiger partial charge in [-0.15, -0.1) is 23.2 Å². The fraction of sp³-hybridized carbons (Fsp3) is 0.429. The first-order valence-electron chi connectivity index (χ1n) is 6.54. The Morgan fingerprint density at radius 1 is 1.38 bits per heavy atom. The SMILES string of the molecule is C[C@H](Nc1cccc([N+](C=O)(CCCl)CCCl)c1)C(=O)O. The second-order valence-corrected chi connectivity index (χ2v) is 5.48. The van der Waals surface area contributed by atoms with Crippen molar-refractivity contribution in [2.24, 2.45) is 0 Å². The lowest BCUT2D eigenvalue weighted by atomic mass is 10.2. The highest BCUT2D eigenvalue weighted by Crippen LogP contribution is 2.25. The number of hydrogen-bond acceptors (Lipinski definition) is 3. The Hall–Kier alpha value is -1.30. The first-order chi connectivity index (χ1) is 9.99. The maximum Gasteiger partial charge on any atom is 0.325 e. The monoisotopic (exact) mass is 333 g/mol. The Morgan fingerprint density at radius 3 is 2.48 bits per heavy atom. The summed E-state index contributed by atoms with van der Waals surface area (Å²) in [5.41, 5.74) is 1.37. The van der Waals surface area contributed by atoms with Gasteiger partial charge in [0.25, 0.3) is 0 Å². The Balaban J connectivity index is 3.10. The third-order valence-corrected chi connectivity index (χ3v) is 3.62. The largest absolute Gasteiger partial charge is 0.480 e. The summed E-state index contributed by atoms with van der Waals surface area (Å²) >= 11 is 11.6. The lowest BCUT2D eigenvalue weighted by Crippen LogP contribution is -2.50. The summed E-state index contributed by atoms with van der Waals surface area (Å²) in [5.74, 6) is -0.310. The summed E-state index contributed by atoms with van der Waals surface area (Å²) in [6.07, 6.45) is 0.824. The normalized spacial score (nSPS) is 12.7. The van der Waals surface area contributed by atoms with Gasteiger partial charge in [-0.1, -0.05) is 6.07 Å². The van der Waals surface area contributed by atoms with Crippen molar-refractivity contribution in [2.75, 3.05) is 30.2 Å². The van der Waals surface area contributed by atoms with E-state index in [9.17, 15) is 9.59 Å². The molecule has 1 aromatic carbocycles. The number of halogens is 2. The van der Waals surface area contributed by atoms with Gasteiger partial charge in [0.05, 0.1) is 11.8 Å². The van der Waals surface area contributed by atoms with Crippen LogP contribution in [0.3, 0.4) is 0 Å². The van der Waals surface area contributed by atoms with Gasteiger partial charge < -0.3 is 10.4 Å². The molecule has 0 aromatic heterocycles. The number of aliphatic carboxylic acids is 1. The van der Waals surface area contributed by atoms with Crippen LogP contribution in [0, 0.1) is 0 Å². The second kappa shape index (κ2) is 8.22. The van der Waals surface area contributed by atoms with Crippen molar-refractivity contribution in [3.8, 4) is 0 Å². The first-order valence-corrected chi connectivity index (χ1v) is 7.61. The van der Waals surface area contributed by atoms with Crippen LogP contribution in [-0.4, -0.2) is 48.4 Å². The molecule has 1 aromatic rings. The molecule has 7 heteroatoms. The van der Waals surface area contributed by atoms with Crippen LogP contribution in [0.4, 0.5) is 11.4 Å². The number of quaternary nitrogens is 1. The molecule has 0 aliphatic carbocycles. The molecule has 0 heterocycles. The molecule has 116 valence electrons. The smallest absolute Gasteiger partial charge is 0.325 e. The number of alkyl halides is 2. The molecule has 2 N–H and O–H groups in total. The van der Waals surface area contributed by atoms with E-state index in [0.29, 0.717) is 30.5 Å². The molecule has 1 amide bonds. The van der Waals surface area contributed by atoms with Crippen molar-refractivity contribution in [1.29, 1.82) is 0 Å². The van der Waals surface area contributed by atoms with Crippen LogP contribution in [0.15, 0.2) is 24.3 Å². The number of carboxylic acid groups (broad SMARTS) is 1. The highest BCUT2D eigenvalue weighted by molar-refractivity contribution is 6.18. The predicted octanol–water partition coefficient (Wildman–Crippen LogP) is 2.51. The number of nitrogens with zero attached hydrogens (tertiary/aromatic N) is 1. The quantitative estimate of drug-likeness (QED) is 0.414. The molecule has 0 saturated carbocycles. The molecule has 0 aliphatic heterocycles. The van der Waals surface area contributed by atoms with E-state index in [2.05, 4.69) is 5.32 Å². The Labute approximate surface area is 134 Å². The number of rotatable bonds is 9. The maximum atomic E-state index is 11.6. The van der Waals surface area contributed by atoms with E-state index in [1.807, 2.05) is 6.07 Å². The molecule has 0 saturated heterocycles. The van der Waals surface area contributed by atoms with Gasteiger partial charge >= 0.3 is 12.4 Å². The maximum absolute atomic E-state index is 11.6. The lowest BCUT2D eigenvalue weighted by Gasteiger charge is -2.30. The van der Waals surface area contributed by atoms with Gasteiger partial charge in [-0.25, -0.2) is 9.28 Å². The van der Waals surface area contributed by atoms with Gasteiger partial charge in [0.1, 0.15) is 24.8 Å². The van der Waals surface area contributed by atoms with Crippen LogP contribution in [0.25, 0.3) is 0 Å². The van der Waals surface area contributed by atoms with Crippen LogP contribution in [-0.2, 0) is 9.59 Å². The minimum Gasteiger partial charge on any atom is -0.480 e. The van der Waals surface area contributed by atoms with Crippen LogP contribution in [0.1, 0.15) is 6.92 Å². The highest BCUT2D eigenvalue weighted by Gasteiger charge is 2.29. The summed E-state index contributed by atoms with van der Waals surface area (Å²) in [6.45, 7) is 2.40. The molecule has 0 aliphatic rings. The number of anilines is 1. The van der Waals surface area contributed by atoms with Crippen molar-refractivity contribution in [3.63, 3.8) is 0 Å². The summed E-state index contributed by atoms with van der Waals surface area (Å²) < 4.78 is 0.0178. The van der Waals surface area contributed by atoms with Gasteiger partial charge in [-0.05, 0) is 19.1 Å². The highest BCUT2D eigenvalue weighted by atomic mass is 35.5. The van der Waals surface area contributed by atoms with E-state index < -0.39 is 12.0 Å². The van der Waals surface area contributed by atoms with Gasteiger partial charge in [-0.2, -0.15) is 0 Å².